The predicted molar refractivity (Wildman–Crippen MR) is 85.8 cm³/mol. The van der Waals surface area contributed by atoms with Gasteiger partial charge >= 0.3 is 0 Å². The van der Waals surface area contributed by atoms with Crippen LogP contribution in [0.2, 0.25) is 0 Å². The zero-order valence-electron chi connectivity index (χ0n) is 12.9. The smallest absolute Gasteiger partial charge is 0.265 e. The Balaban J connectivity index is 1.93. The first kappa shape index (κ1) is 16.0. The topological polar surface area (TPSA) is 89.3 Å². The van der Waals surface area contributed by atoms with Crippen molar-refractivity contribution in [2.45, 2.75) is 39.2 Å². The quantitative estimate of drug-likeness (QED) is 0.700. The summed E-state index contributed by atoms with van der Waals surface area (Å²) in [5.41, 5.74) is 6.15. The summed E-state index contributed by atoms with van der Waals surface area (Å²) >= 11 is 1.29. The number of anilines is 2. The zero-order valence-corrected chi connectivity index (χ0v) is 13.7. The lowest BCUT2D eigenvalue weighted by Crippen LogP contribution is -2.33. The van der Waals surface area contributed by atoms with Crippen LogP contribution in [0, 0.1) is 5.41 Å². The summed E-state index contributed by atoms with van der Waals surface area (Å²) in [6.07, 6.45) is 3.17. The fraction of sp³-hybridized carbons (Fsp3) is 0.714. The number of thiazole rings is 1. The number of amides is 1. The standard InChI is InChI=1S/C14H24N4O2S/c1-14(2)5-4-9(8-14)17-12(19)10-11(15)18-13(21-10)16-6-7-20-3/h9H,4-8,15H2,1-3H3,(H,16,18)(H,17,19). The summed E-state index contributed by atoms with van der Waals surface area (Å²) in [6.45, 7) is 5.69. The fourth-order valence-corrected chi connectivity index (χ4v) is 3.45. The average molecular weight is 312 g/mol. The highest BCUT2D eigenvalue weighted by Crippen LogP contribution is 2.37. The van der Waals surface area contributed by atoms with Crippen LogP contribution in [0.25, 0.3) is 0 Å². The number of nitrogens with two attached hydrogens (primary N) is 1. The summed E-state index contributed by atoms with van der Waals surface area (Å²) in [5, 5.41) is 6.82. The van der Waals surface area contributed by atoms with E-state index >= 15 is 0 Å². The SMILES string of the molecule is COCCNc1nc(N)c(C(=O)NC2CCC(C)(C)C2)s1. The van der Waals surface area contributed by atoms with E-state index in [0.29, 0.717) is 28.6 Å². The Morgan fingerprint density at radius 1 is 1.57 bits per heavy atom. The molecule has 1 amide bonds. The van der Waals surface area contributed by atoms with E-state index in [-0.39, 0.29) is 17.8 Å². The van der Waals surface area contributed by atoms with Crippen molar-refractivity contribution in [1.82, 2.24) is 10.3 Å². The van der Waals surface area contributed by atoms with E-state index in [0.717, 1.165) is 19.3 Å². The van der Waals surface area contributed by atoms with Crippen molar-refractivity contribution < 1.29 is 9.53 Å². The van der Waals surface area contributed by atoms with Gasteiger partial charge in [0, 0.05) is 19.7 Å². The third kappa shape index (κ3) is 4.31. The lowest BCUT2D eigenvalue weighted by Gasteiger charge is -2.17. The molecule has 1 saturated carbocycles. The van der Waals surface area contributed by atoms with E-state index in [4.69, 9.17) is 10.5 Å². The zero-order chi connectivity index (χ0) is 15.5. The van der Waals surface area contributed by atoms with Crippen LogP contribution in [0.3, 0.4) is 0 Å². The van der Waals surface area contributed by atoms with Crippen molar-refractivity contribution in [2.75, 3.05) is 31.3 Å². The van der Waals surface area contributed by atoms with Gasteiger partial charge in [0.15, 0.2) is 5.13 Å². The Bertz CT molecular complexity index is 501. The summed E-state index contributed by atoms with van der Waals surface area (Å²) in [7, 11) is 1.64. The molecule has 0 spiro atoms. The first-order valence-electron chi connectivity index (χ1n) is 7.21. The van der Waals surface area contributed by atoms with Crippen LogP contribution in [0.4, 0.5) is 10.9 Å². The molecule has 4 N–H and O–H groups in total. The van der Waals surface area contributed by atoms with Crippen molar-refractivity contribution in [3.63, 3.8) is 0 Å². The number of nitrogens with zero attached hydrogens (tertiary/aromatic N) is 1. The van der Waals surface area contributed by atoms with Crippen molar-refractivity contribution in [2.24, 2.45) is 5.41 Å². The van der Waals surface area contributed by atoms with E-state index in [9.17, 15) is 4.79 Å². The Morgan fingerprint density at radius 2 is 2.33 bits per heavy atom. The Morgan fingerprint density at radius 3 is 2.95 bits per heavy atom. The number of ether oxygens (including phenoxy) is 1. The van der Waals surface area contributed by atoms with E-state index < -0.39 is 0 Å². The van der Waals surface area contributed by atoms with Crippen LogP contribution >= 0.6 is 11.3 Å². The van der Waals surface area contributed by atoms with Crippen LogP contribution in [0.1, 0.15) is 42.8 Å². The number of hydrogen-bond donors (Lipinski definition) is 3. The molecule has 21 heavy (non-hydrogen) atoms. The van der Waals surface area contributed by atoms with Crippen molar-refractivity contribution in [3.8, 4) is 0 Å². The van der Waals surface area contributed by atoms with Crippen molar-refractivity contribution >= 4 is 28.2 Å². The third-order valence-corrected chi connectivity index (χ3v) is 4.77. The number of hydrogen-bond acceptors (Lipinski definition) is 6. The monoisotopic (exact) mass is 312 g/mol. The third-order valence-electron chi connectivity index (χ3n) is 3.75. The minimum absolute atomic E-state index is 0.118. The first-order chi connectivity index (χ1) is 9.91. The average Bonchev–Trinajstić information content (AvgIpc) is 2.93. The molecule has 1 unspecified atom stereocenters. The molecule has 0 aromatic carbocycles. The van der Waals surface area contributed by atoms with Crippen LogP contribution in [0.15, 0.2) is 0 Å². The Kier molecular flexibility index (Phi) is 5.05. The van der Waals surface area contributed by atoms with E-state index in [1.165, 1.54) is 11.3 Å². The molecule has 0 bridgehead atoms. The molecule has 2 rings (SSSR count). The summed E-state index contributed by atoms with van der Waals surface area (Å²) < 4.78 is 4.96. The van der Waals surface area contributed by atoms with Crippen molar-refractivity contribution in [1.29, 1.82) is 0 Å². The fourth-order valence-electron chi connectivity index (χ4n) is 2.64. The van der Waals surface area contributed by atoms with Gasteiger partial charge in [0.2, 0.25) is 0 Å². The minimum Gasteiger partial charge on any atom is -0.383 e. The second-order valence-corrected chi connectivity index (χ2v) is 7.23. The maximum absolute atomic E-state index is 12.3. The number of methoxy groups -OCH3 is 1. The number of carbonyl (C=O) groups excluding carboxylic acids is 1. The summed E-state index contributed by atoms with van der Waals surface area (Å²) in [4.78, 5) is 17.0. The van der Waals surface area contributed by atoms with Crippen molar-refractivity contribution in [3.05, 3.63) is 4.88 Å². The molecule has 0 radical (unpaired) electrons. The highest BCUT2D eigenvalue weighted by molar-refractivity contribution is 7.18. The highest BCUT2D eigenvalue weighted by atomic mass is 32.1. The molecule has 6 nitrogen and oxygen atoms in total. The normalized spacial score (nSPS) is 20.4. The molecule has 118 valence electrons. The van der Waals surface area contributed by atoms with Crippen LogP contribution in [0.5, 0.6) is 0 Å². The molecular formula is C14H24N4O2S. The number of rotatable bonds is 6. The maximum Gasteiger partial charge on any atom is 0.265 e. The molecule has 0 aliphatic heterocycles. The lowest BCUT2D eigenvalue weighted by atomic mass is 9.92. The van der Waals surface area contributed by atoms with Crippen LogP contribution in [-0.2, 0) is 4.74 Å². The number of aromatic nitrogens is 1. The van der Waals surface area contributed by atoms with Gasteiger partial charge in [0.05, 0.1) is 6.61 Å². The minimum atomic E-state index is -0.118. The number of nitrogen functional groups attached to an aromatic ring is 1. The molecule has 7 heteroatoms. The van der Waals surface area contributed by atoms with Gasteiger partial charge in [-0.1, -0.05) is 25.2 Å². The van der Waals surface area contributed by atoms with Gasteiger partial charge in [-0.2, -0.15) is 0 Å². The van der Waals surface area contributed by atoms with Gasteiger partial charge in [0.25, 0.3) is 5.91 Å². The predicted octanol–water partition coefficient (Wildman–Crippen LogP) is 2.09. The van der Waals surface area contributed by atoms with Crippen LogP contribution < -0.4 is 16.4 Å². The molecule has 0 saturated heterocycles. The molecule has 1 aromatic rings. The Hall–Kier alpha value is -1.34. The van der Waals surface area contributed by atoms with E-state index in [1.54, 1.807) is 7.11 Å². The van der Waals surface area contributed by atoms with Gasteiger partial charge in [-0.05, 0) is 24.7 Å². The van der Waals surface area contributed by atoms with Gasteiger partial charge < -0.3 is 21.1 Å². The van der Waals surface area contributed by atoms with Gasteiger partial charge in [-0.25, -0.2) is 4.98 Å². The lowest BCUT2D eigenvalue weighted by molar-refractivity contribution is 0.0941. The molecule has 1 fully saturated rings. The largest absolute Gasteiger partial charge is 0.383 e. The molecule has 1 heterocycles. The van der Waals surface area contributed by atoms with Gasteiger partial charge in [0.1, 0.15) is 10.7 Å². The van der Waals surface area contributed by atoms with E-state index in [1.807, 2.05) is 0 Å². The second kappa shape index (κ2) is 6.62. The number of nitrogens with one attached hydrogen (secondary N) is 2. The highest BCUT2D eigenvalue weighted by Gasteiger charge is 2.32. The molecule has 1 atom stereocenters. The number of carbonyl (C=O) groups is 1. The maximum atomic E-state index is 12.3. The molecular weight excluding hydrogens is 288 g/mol. The summed E-state index contributed by atoms with van der Waals surface area (Å²) in [6, 6.07) is 0.235. The molecule has 1 aliphatic rings. The Labute approximate surface area is 129 Å². The van der Waals surface area contributed by atoms with Crippen LogP contribution in [-0.4, -0.2) is 37.2 Å². The molecule has 1 aliphatic carbocycles. The van der Waals surface area contributed by atoms with E-state index in [2.05, 4.69) is 29.5 Å². The van der Waals surface area contributed by atoms with Gasteiger partial charge in [-0.15, -0.1) is 0 Å². The van der Waals surface area contributed by atoms with Gasteiger partial charge in [-0.3, -0.25) is 4.79 Å². The summed E-state index contributed by atoms with van der Waals surface area (Å²) in [5.74, 6) is 0.169. The first-order valence-corrected chi connectivity index (χ1v) is 8.03. The molecule has 1 aromatic heterocycles. The second-order valence-electron chi connectivity index (χ2n) is 6.23.